The second-order valence-corrected chi connectivity index (χ2v) is 9.18. The van der Waals surface area contributed by atoms with Crippen LogP contribution in [0, 0.1) is 0 Å². The molecule has 1 heterocycles. The van der Waals surface area contributed by atoms with E-state index in [2.05, 4.69) is 4.72 Å². The van der Waals surface area contributed by atoms with E-state index in [0.29, 0.717) is 30.9 Å². The van der Waals surface area contributed by atoms with Gasteiger partial charge in [-0.3, -0.25) is 4.79 Å². The lowest BCUT2D eigenvalue weighted by Gasteiger charge is -2.17. The molecule has 0 atom stereocenters. The molecule has 0 radical (unpaired) electrons. The number of hydrogen-bond acceptors (Lipinski definition) is 5. The van der Waals surface area contributed by atoms with Crippen LogP contribution in [0.3, 0.4) is 0 Å². The number of nitrogens with zero attached hydrogens (tertiary/aromatic N) is 1. The van der Waals surface area contributed by atoms with Crippen LogP contribution < -0.4 is 19.1 Å². The molecule has 3 rings (SSSR count). The molecule has 1 N–H and O–H groups in total. The van der Waals surface area contributed by atoms with E-state index in [4.69, 9.17) is 9.47 Å². The maximum atomic E-state index is 12.8. The number of methoxy groups -OCH3 is 1. The summed E-state index contributed by atoms with van der Waals surface area (Å²) < 4.78 is 39.3. The van der Waals surface area contributed by atoms with E-state index in [0.717, 1.165) is 16.8 Å². The van der Waals surface area contributed by atoms with E-state index in [1.807, 2.05) is 20.8 Å². The lowest BCUT2D eigenvalue weighted by Crippen LogP contribution is -2.27. The molecule has 0 spiro atoms. The van der Waals surface area contributed by atoms with E-state index in [-0.39, 0.29) is 23.5 Å². The average molecular weight is 433 g/mol. The van der Waals surface area contributed by atoms with Crippen molar-refractivity contribution in [1.29, 1.82) is 0 Å². The third kappa shape index (κ3) is 4.76. The van der Waals surface area contributed by atoms with Gasteiger partial charge < -0.3 is 14.4 Å². The number of carbonyl (C=O) groups is 1. The van der Waals surface area contributed by atoms with Gasteiger partial charge in [0.15, 0.2) is 11.5 Å². The topological polar surface area (TPSA) is 84.9 Å². The minimum atomic E-state index is -3.70. The van der Waals surface area contributed by atoms with Gasteiger partial charge in [-0.05, 0) is 61.7 Å². The van der Waals surface area contributed by atoms with Crippen LogP contribution in [-0.4, -0.2) is 34.1 Å². The van der Waals surface area contributed by atoms with Crippen molar-refractivity contribution in [2.75, 3.05) is 18.6 Å². The number of amides is 1. The molecule has 0 saturated carbocycles. The van der Waals surface area contributed by atoms with Gasteiger partial charge >= 0.3 is 0 Å². The Bertz CT molecular complexity index is 1030. The van der Waals surface area contributed by atoms with Crippen LogP contribution >= 0.6 is 0 Å². The number of benzene rings is 2. The molecular weight excluding hydrogens is 404 g/mol. The second kappa shape index (κ2) is 9.06. The van der Waals surface area contributed by atoms with Gasteiger partial charge in [0.05, 0.1) is 18.1 Å². The van der Waals surface area contributed by atoms with Crippen molar-refractivity contribution in [3.63, 3.8) is 0 Å². The Balaban J connectivity index is 1.74. The first-order valence-electron chi connectivity index (χ1n) is 10.0. The summed E-state index contributed by atoms with van der Waals surface area (Å²) in [4.78, 5) is 13.9. The molecule has 2 aromatic rings. The predicted molar refractivity (Wildman–Crippen MR) is 116 cm³/mol. The van der Waals surface area contributed by atoms with E-state index in [1.165, 1.54) is 0 Å². The van der Waals surface area contributed by atoms with E-state index in [9.17, 15) is 13.2 Å². The number of carbonyl (C=O) groups excluding carboxylic acids is 1. The van der Waals surface area contributed by atoms with Crippen LogP contribution in [0.2, 0.25) is 0 Å². The average Bonchev–Trinajstić information content (AvgIpc) is 3.15. The first-order valence-corrected chi connectivity index (χ1v) is 11.5. The fourth-order valence-corrected chi connectivity index (χ4v) is 4.50. The van der Waals surface area contributed by atoms with Crippen molar-refractivity contribution in [1.82, 2.24) is 4.72 Å². The number of hydrogen-bond donors (Lipinski definition) is 1. The zero-order valence-electron chi connectivity index (χ0n) is 17.8. The quantitative estimate of drug-likeness (QED) is 0.692. The molecule has 0 aromatic heterocycles. The van der Waals surface area contributed by atoms with Gasteiger partial charge in [0, 0.05) is 25.2 Å². The number of rotatable bonds is 8. The minimum absolute atomic E-state index is 0.00612. The van der Waals surface area contributed by atoms with E-state index >= 15 is 0 Å². The van der Waals surface area contributed by atoms with E-state index < -0.39 is 10.0 Å². The summed E-state index contributed by atoms with van der Waals surface area (Å²) in [5, 5.41) is 0. The summed E-state index contributed by atoms with van der Waals surface area (Å²) in [7, 11) is -2.15. The molecule has 0 fully saturated rings. The smallest absolute Gasteiger partial charge is 0.240 e. The van der Waals surface area contributed by atoms with Gasteiger partial charge in [0.25, 0.3) is 0 Å². The standard InChI is InChI=1S/C22H28N2O5S/c1-5-22(25)24-11-10-17-13-18(7-8-19(17)24)30(26,27)23-14-16-6-9-20(29-15(2)3)21(12-16)28-4/h6-9,12-13,15,23H,5,10-11,14H2,1-4H3. The molecule has 1 amide bonds. The highest BCUT2D eigenvalue weighted by Crippen LogP contribution is 2.31. The molecule has 162 valence electrons. The zero-order valence-corrected chi connectivity index (χ0v) is 18.6. The summed E-state index contributed by atoms with van der Waals surface area (Å²) in [6.07, 6.45) is 1.08. The normalized spacial score (nSPS) is 13.4. The second-order valence-electron chi connectivity index (χ2n) is 7.42. The van der Waals surface area contributed by atoms with E-state index in [1.54, 1.807) is 48.4 Å². The molecule has 1 aliphatic heterocycles. The Hall–Kier alpha value is -2.58. The predicted octanol–water partition coefficient (Wildman–Crippen LogP) is 3.26. The van der Waals surface area contributed by atoms with Gasteiger partial charge in [0.1, 0.15) is 0 Å². The van der Waals surface area contributed by atoms with Gasteiger partial charge in [0.2, 0.25) is 15.9 Å². The maximum absolute atomic E-state index is 12.8. The van der Waals surface area contributed by atoms with Gasteiger partial charge in [-0.15, -0.1) is 0 Å². The molecule has 7 nitrogen and oxygen atoms in total. The molecule has 30 heavy (non-hydrogen) atoms. The van der Waals surface area contributed by atoms with Gasteiger partial charge in [-0.25, -0.2) is 13.1 Å². The Labute approximate surface area is 178 Å². The lowest BCUT2D eigenvalue weighted by atomic mass is 10.2. The van der Waals surface area contributed by atoms with Crippen molar-refractivity contribution >= 4 is 21.6 Å². The summed E-state index contributed by atoms with van der Waals surface area (Å²) in [6, 6.07) is 10.3. The molecule has 0 bridgehead atoms. The molecule has 2 aromatic carbocycles. The largest absolute Gasteiger partial charge is 0.493 e. The maximum Gasteiger partial charge on any atom is 0.240 e. The first kappa shape index (κ1) is 22.1. The lowest BCUT2D eigenvalue weighted by molar-refractivity contribution is -0.118. The summed E-state index contributed by atoms with van der Waals surface area (Å²) in [5.74, 6) is 1.21. The van der Waals surface area contributed by atoms with Gasteiger partial charge in [-0.2, -0.15) is 0 Å². The highest BCUT2D eigenvalue weighted by molar-refractivity contribution is 7.89. The van der Waals surface area contributed by atoms with Crippen LogP contribution in [-0.2, 0) is 27.8 Å². The SMILES string of the molecule is CCC(=O)N1CCc2cc(S(=O)(=O)NCc3ccc(OC(C)C)c(OC)c3)ccc21. The van der Waals surface area contributed by atoms with Crippen LogP contribution in [0.4, 0.5) is 5.69 Å². The summed E-state index contributed by atoms with van der Waals surface area (Å²) in [5.41, 5.74) is 2.43. The Kier molecular flexibility index (Phi) is 6.67. The highest BCUT2D eigenvalue weighted by Gasteiger charge is 2.25. The Morgan fingerprint density at radius 1 is 1.17 bits per heavy atom. The molecule has 0 aliphatic carbocycles. The summed E-state index contributed by atoms with van der Waals surface area (Å²) >= 11 is 0. The van der Waals surface area contributed by atoms with Crippen molar-refractivity contribution in [2.45, 2.75) is 51.2 Å². The monoisotopic (exact) mass is 432 g/mol. The number of nitrogens with one attached hydrogen (secondary N) is 1. The first-order chi connectivity index (χ1) is 14.2. The van der Waals surface area contributed by atoms with Crippen LogP contribution in [0.1, 0.15) is 38.3 Å². The molecule has 0 saturated heterocycles. The fraction of sp³-hybridized carbons (Fsp3) is 0.409. The van der Waals surface area contributed by atoms with Crippen molar-refractivity contribution < 1.29 is 22.7 Å². The van der Waals surface area contributed by atoms with Crippen LogP contribution in [0.25, 0.3) is 0 Å². The van der Waals surface area contributed by atoms with Crippen LogP contribution in [0.15, 0.2) is 41.3 Å². The number of fused-ring (bicyclic) bond motifs is 1. The number of anilines is 1. The third-order valence-corrected chi connectivity index (χ3v) is 6.32. The van der Waals surface area contributed by atoms with Crippen molar-refractivity contribution in [3.8, 4) is 11.5 Å². The fourth-order valence-electron chi connectivity index (χ4n) is 3.43. The molecule has 8 heteroatoms. The third-order valence-electron chi connectivity index (χ3n) is 4.92. The van der Waals surface area contributed by atoms with Gasteiger partial charge in [-0.1, -0.05) is 13.0 Å². The molecular formula is C22H28N2O5S. The van der Waals surface area contributed by atoms with Crippen molar-refractivity contribution in [3.05, 3.63) is 47.5 Å². The zero-order chi connectivity index (χ0) is 21.9. The minimum Gasteiger partial charge on any atom is -0.493 e. The number of sulfonamides is 1. The Morgan fingerprint density at radius 3 is 2.60 bits per heavy atom. The Morgan fingerprint density at radius 2 is 1.93 bits per heavy atom. The molecule has 1 aliphatic rings. The van der Waals surface area contributed by atoms with Crippen LogP contribution in [0.5, 0.6) is 11.5 Å². The molecule has 0 unspecified atom stereocenters. The highest BCUT2D eigenvalue weighted by atomic mass is 32.2. The summed E-state index contributed by atoms with van der Waals surface area (Å²) in [6.45, 7) is 6.38. The number of ether oxygens (including phenoxy) is 2. The van der Waals surface area contributed by atoms with Crippen molar-refractivity contribution in [2.24, 2.45) is 0 Å².